The molecule has 2 fully saturated rings. The normalized spacial score (nSPS) is 22.1. The number of hydrogen-bond acceptors (Lipinski definition) is 3. The van der Waals surface area contributed by atoms with Crippen molar-refractivity contribution in [3.63, 3.8) is 0 Å². The second kappa shape index (κ2) is 12.7. The summed E-state index contributed by atoms with van der Waals surface area (Å²) < 4.78 is 0. The first-order chi connectivity index (χ1) is 13.7. The van der Waals surface area contributed by atoms with Gasteiger partial charge in [-0.2, -0.15) is 11.8 Å². The van der Waals surface area contributed by atoms with E-state index in [-0.39, 0.29) is 29.9 Å². The fourth-order valence-electron chi connectivity index (χ4n) is 4.00. The van der Waals surface area contributed by atoms with Crippen molar-refractivity contribution >= 4 is 47.6 Å². The van der Waals surface area contributed by atoms with Gasteiger partial charge in [0, 0.05) is 36.5 Å². The lowest BCUT2D eigenvalue weighted by molar-refractivity contribution is 0.0724. The first-order valence-electron chi connectivity index (χ1n) is 10.7. The summed E-state index contributed by atoms with van der Waals surface area (Å²) in [6, 6.07) is 8.47. The zero-order chi connectivity index (χ0) is 19.8. The van der Waals surface area contributed by atoms with Crippen LogP contribution in [0.3, 0.4) is 0 Å². The molecule has 0 spiro atoms. The Balaban J connectivity index is 0.00000300. The molecule has 2 aliphatic rings. The molecule has 0 aromatic heterocycles. The van der Waals surface area contributed by atoms with Crippen molar-refractivity contribution in [3.05, 3.63) is 35.4 Å². The molecule has 1 aliphatic heterocycles. The average Bonchev–Trinajstić information content (AvgIpc) is 3.20. The molecule has 2 unspecified atom stereocenters. The molecule has 162 valence electrons. The van der Waals surface area contributed by atoms with Crippen molar-refractivity contribution in [2.45, 2.75) is 63.3 Å². The van der Waals surface area contributed by atoms with Crippen LogP contribution in [0.15, 0.2) is 29.3 Å². The van der Waals surface area contributed by atoms with Gasteiger partial charge >= 0.3 is 0 Å². The van der Waals surface area contributed by atoms with Gasteiger partial charge < -0.3 is 15.5 Å². The highest BCUT2D eigenvalue weighted by Gasteiger charge is 2.24. The zero-order valence-electron chi connectivity index (χ0n) is 17.7. The molecule has 7 heteroatoms. The Morgan fingerprint density at radius 1 is 1.17 bits per heavy atom. The standard InChI is InChI=1S/C22H34N4OS.HI/c1-3-23-22(25-19-11-12-20(15-19)28-2)24-16-17-7-9-18(10-8-17)21(27)26-13-5-4-6-14-26;/h7-10,19-20H,3-6,11-16H2,1-2H3,(H2,23,24,25);1H. The first-order valence-corrected chi connectivity index (χ1v) is 11.9. The van der Waals surface area contributed by atoms with E-state index in [1.165, 1.54) is 25.7 Å². The highest BCUT2D eigenvalue weighted by molar-refractivity contribution is 14.0. The van der Waals surface area contributed by atoms with Crippen LogP contribution in [-0.2, 0) is 6.54 Å². The van der Waals surface area contributed by atoms with E-state index in [1.54, 1.807) is 0 Å². The van der Waals surface area contributed by atoms with Gasteiger partial charge in [0.15, 0.2) is 5.96 Å². The van der Waals surface area contributed by atoms with Gasteiger partial charge in [-0.1, -0.05) is 12.1 Å². The van der Waals surface area contributed by atoms with E-state index in [0.29, 0.717) is 12.6 Å². The van der Waals surface area contributed by atoms with Crippen molar-refractivity contribution in [2.24, 2.45) is 4.99 Å². The Morgan fingerprint density at radius 3 is 2.52 bits per heavy atom. The SMILES string of the molecule is CCNC(=NCc1ccc(C(=O)N2CCCCC2)cc1)NC1CCC(SC)C1.I. The van der Waals surface area contributed by atoms with E-state index < -0.39 is 0 Å². The molecular formula is C22H35IN4OS. The van der Waals surface area contributed by atoms with E-state index in [4.69, 9.17) is 4.99 Å². The Bertz CT molecular complexity index is 661. The molecule has 3 rings (SSSR count). The summed E-state index contributed by atoms with van der Waals surface area (Å²) in [7, 11) is 0. The number of piperidine rings is 1. The average molecular weight is 531 g/mol. The monoisotopic (exact) mass is 530 g/mol. The predicted octanol–water partition coefficient (Wildman–Crippen LogP) is 4.27. The summed E-state index contributed by atoms with van der Waals surface area (Å²) in [6.45, 7) is 5.35. The summed E-state index contributed by atoms with van der Waals surface area (Å²) >= 11 is 1.97. The number of rotatable bonds is 6. The summed E-state index contributed by atoms with van der Waals surface area (Å²) in [5.41, 5.74) is 1.91. The minimum absolute atomic E-state index is 0. The topological polar surface area (TPSA) is 56.7 Å². The molecule has 1 saturated heterocycles. The second-order valence-electron chi connectivity index (χ2n) is 7.76. The van der Waals surface area contributed by atoms with Crippen LogP contribution in [0.5, 0.6) is 0 Å². The fraction of sp³-hybridized carbons (Fsp3) is 0.636. The number of nitrogens with one attached hydrogen (secondary N) is 2. The molecule has 2 N–H and O–H groups in total. The molecule has 1 heterocycles. The maximum Gasteiger partial charge on any atom is 0.253 e. The molecule has 2 atom stereocenters. The number of guanidine groups is 1. The van der Waals surface area contributed by atoms with Crippen LogP contribution in [0.4, 0.5) is 0 Å². The minimum Gasteiger partial charge on any atom is -0.357 e. The maximum absolute atomic E-state index is 12.6. The molecule has 0 radical (unpaired) electrons. The molecule has 1 aromatic carbocycles. The van der Waals surface area contributed by atoms with E-state index in [1.807, 2.05) is 40.9 Å². The molecule has 1 aliphatic carbocycles. The van der Waals surface area contributed by atoms with Gasteiger partial charge in [0.25, 0.3) is 5.91 Å². The fourth-order valence-corrected chi connectivity index (χ4v) is 4.80. The van der Waals surface area contributed by atoms with Crippen molar-refractivity contribution in [2.75, 3.05) is 25.9 Å². The molecule has 1 amide bonds. The number of hydrogen-bond donors (Lipinski definition) is 2. The number of thioether (sulfide) groups is 1. The van der Waals surface area contributed by atoms with Gasteiger partial charge in [0.1, 0.15) is 0 Å². The van der Waals surface area contributed by atoms with E-state index >= 15 is 0 Å². The van der Waals surface area contributed by atoms with Crippen molar-refractivity contribution in [1.82, 2.24) is 15.5 Å². The summed E-state index contributed by atoms with van der Waals surface area (Å²) in [5.74, 6) is 1.05. The first kappa shape index (κ1) is 24.3. The number of carbonyl (C=O) groups excluding carboxylic acids is 1. The summed E-state index contributed by atoms with van der Waals surface area (Å²) in [4.78, 5) is 19.3. The third-order valence-corrected chi connectivity index (χ3v) is 6.76. The second-order valence-corrected chi connectivity index (χ2v) is 8.90. The Morgan fingerprint density at radius 2 is 1.90 bits per heavy atom. The van der Waals surface area contributed by atoms with Gasteiger partial charge in [-0.25, -0.2) is 4.99 Å². The highest BCUT2D eigenvalue weighted by Crippen LogP contribution is 2.28. The third-order valence-electron chi connectivity index (χ3n) is 5.67. The van der Waals surface area contributed by atoms with Crippen LogP contribution in [-0.4, -0.2) is 53.9 Å². The van der Waals surface area contributed by atoms with Gasteiger partial charge in [-0.15, -0.1) is 24.0 Å². The Kier molecular flexibility index (Phi) is 10.6. The van der Waals surface area contributed by atoms with Crippen LogP contribution < -0.4 is 10.6 Å². The van der Waals surface area contributed by atoms with Crippen LogP contribution >= 0.6 is 35.7 Å². The number of benzene rings is 1. The maximum atomic E-state index is 12.6. The van der Waals surface area contributed by atoms with E-state index in [9.17, 15) is 4.79 Å². The van der Waals surface area contributed by atoms with E-state index in [0.717, 1.165) is 54.8 Å². The van der Waals surface area contributed by atoms with Crippen LogP contribution in [0.2, 0.25) is 0 Å². The molecule has 29 heavy (non-hydrogen) atoms. The number of halogens is 1. The number of nitrogens with zero attached hydrogens (tertiary/aromatic N) is 2. The Hall–Kier alpha value is -0.960. The third kappa shape index (κ3) is 7.35. The smallest absolute Gasteiger partial charge is 0.253 e. The molecular weight excluding hydrogens is 495 g/mol. The van der Waals surface area contributed by atoms with Gasteiger partial charge in [-0.3, -0.25) is 4.79 Å². The largest absolute Gasteiger partial charge is 0.357 e. The lowest BCUT2D eigenvalue weighted by Crippen LogP contribution is -2.42. The van der Waals surface area contributed by atoms with Crippen LogP contribution in [0.1, 0.15) is 61.4 Å². The summed E-state index contributed by atoms with van der Waals surface area (Å²) in [5, 5.41) is 7.71. The van der Waals surface area contributed by atoms with Crippen LogP contribution in [0, 0.1) is 0 Å². The van der Waals surface area contributed by atoms with Gasteiger partial charge in [0.2, 0.25) is 0 Å². The number of amides is 1. The van der Waals surface area contributed by atoms with Gasteiger partial charge in [-0.05, 0) is 69.4 Å². The van der Waals surface area contributed by atoms with E-state index in [2.05, 4.69) is 23.8 Å². The van der Waals surface area contributed by atoms with Crippen molar-refractivity contribution in [1.29, 1.82) is 0 Å². The predicted molar refractivity (Wildman–Crippen MR) is 135 cm³/mol. The zero-order valence-corrected chi connectivity index (χ0v) is 20.8. The quantitative estimate of drug-likeness (QED) is 0.328. The molecule has 5 nitrogen and oxygen atoms in total. The number of aliphatic imine (C=N–C) groups is 1. The molecule has 0 bridgehead atoms. The van der Waals surface area contributed by atoms with Crippen LogP contribution in [0.25, 0.3) is 0 Å². The van der Waals surface area contributed by atoms with Gasteiger partial charge in [0.05, 0.1) is 6.54 Å². The minimum atomic E-state index is 0. The van der Waals surface area contributed by atoms with Crippen molar-refractivity contribution < 1.29 is 4.79 Å². The molecule has 1 aromatic rings. The van der Waals surface area contributed by atoms with Crippen molar-refractivity contribution in [3.8, 4) is 0 Å². The number of likely N-dealkylation sites (tertiary alicyclic amines) is 1. The number of carbonyl (C=O) groups is 1. The lowest BCUT2D eigenvalue weighted by atomic mass is 10.1. The molecule has 1 saturated carbocycles. The summed E-state index contributed by atoms with van der Waals surface area (Å²) in [6.07, 6.45) is 9.38. The highest BCUT2D eigenvalue weighted by atomic mass is 127. The Labute approximate surface area is 196 Å². The lowest BCUT2D eigenvalue weighted by Gasteiger charge is -2.26.